The van der Waals surface area contributed by atoms with Crippen molar-refractivity contribution in [1.82, 2.24) is 0 Å². The molecule has 1 rings (SSSR count). The number of rotatable bonds is 9. The average molecular weight is 232 g/mol. The SMILES string of the molecule is COCCOC(C)(C)CC(C)OCC1CO1. The van der Waals surface area contributed by atoms with Gasteiger partial charge in [0.05, 0.1) is 38.1 Å². The minimum atomic E-state index is -0.164. The molecule has 0 N–H and O–H groups in total. The van der Waals surface area contributed by atoms with Gasteiger partial charge in [-0.15, -0.1) is 0 Å². The van der Waals surface area contributed by atoms with Crippen molar-refractivity contribution in [3.05, 3.63) is 0 Å². The van der Waals surface area contributed by atoms with Gasteiger partial charge in [-0.05, 0) is 20.8 Å². The van der Waals surface area contributed by atoms with E-state index >= 15 is 0 Å². The first-order valence-corrected chi connectivity index (χ1v) is 5.89. The van der Waals surface area contributed by atoms with Crippen LogP contribution in [0.1, 0.15) is 27.2 Å². The van der Waals surface area contributed by atoms with Gasteiger partial charge in [-0.25, -0.2) is 0 Å². The van der Waals surface area contributed by atoms with Gasteiger partial charge in [0.2, 0.25) is 0 Å². The van der Waals surface area contributed by atoms with Crippen molar-refractivity contribution in [2.75, 3.05) is 33.5 Å². The molecule has 1 aliphatic rings. The van der Waals surface area contributed by atoms with Crippen molar-refractivity contribution in [3.8, 4) is 0 Å². The van der Waals surface area contributed by atoms with E-state index in [9.17, 15) is 0 Å². The Balaban J connectivity index is 2.10. The summed E-state index contributed by atoms with van der Waals surface area (Å²) in [5.41, 5.74) is -0.164. The molecule has 0 aromatic rings. The second-order valence-electron chi connectivity index (χ2n) is 4.90. The molecule has 16 heavy (non-hydrogen) atoms. The summed E-state index contributed by atoms with van der Waals surface area (Å²) in [5.74, 6) is 0. The van der Waals surface area contributed by atoms with E-state index < -0.39 is 0 Å². The molecular weight excluding hydrogens is 208 g/mol. The van der Waals surface area contributed by atoms with Crippen LogP contribution < -0.4 is 0 Å². The molecule has 0 aliphatic carbocycles. The van der Waals surface area contributed by atoms with E-state index in [1.165, 1.54) is 0 Å². The van der Waals surface area contributed by atoms with E-state index in [0.717, 1.165) is 13.0 Å². The first-order valence-electron chi connectivity index (χ1n) is 5.89. The highest BCUT2D eigenvalue weighted by Gasteiger charge is 2.26. The summed E-state index contributed by atoms with van der Waals surface area (Å²) < 4.78 is 21.5. The Morgan fingerprint density at radius 3 is 2.62 bits per heavy atom. The Labute approximate surface area is 98.2 Å². The second-order valence-corrected chi connectivity index (χ2v) is 4.90. The summed E-state index contributed by atoms with van der Waals surface area (Å²) in [5, 5.41) is 0. The van der Waals surface area contributed by atoms with Crippen LogP contribution in [-0.4, -0.2) is 51.3 Å². The Hall–Kier alpha value is -0.160. The molecule has 2 unspecified atom stereocenters. The van der Waals surface area contributed by atoms with E-state index in [1.807, 2.05) is 0 Å². The topological polar surface area (TPSA) is 40.2 Å². The number of epoxide rings is 1. The molecule has 0 radical (unpaired) electrons. The Bertz CT molecular complexity index is 189. The predicted octanol–water partition coefficient (Wildman–Crippen LogP) is 1.62. The van der Waals surface area contributed by atoms with Crippen molar-refractivity contribution >= 4 is 0 Å². The van der Waals surface area contributed by atoms with E-state index in [2.05, 4.69) is 20.8 Å². The van der Waals surface area contributed by atoms with Crippen LogP contribution in [0.15, 0.2) is 0 Å². The summed E-state index contributed by atoms with van der Waals surface area (Å²) in [6, 6.07) is 0. The Morgan fingerprint density at radius 2 is 2.06 bits per heavy atom. The maximum atomic E-state index is 5.73. The van der Waals surface area contributed by atoms with Gasteiger partial charge in [0.15, 0.2) is 0 Å². The highest BCUT2D eigenvalue weighted by atomic mass is 16.6. The normalized spacial score (nSPS) is 22.1. The maximum absolute atomic E-state index is 5.73. The molecule has 0 bridgehead atoms. The van der Waals surface area contributed by atoms with Gasteiger partial charge < -0.3 is 18.9 Å². The fourth-order valence-corrected chi connectivity index (χ4v) is 1.65. The number of hydrogen-bond acceptors (Lipinski definition) is 4. The number of methoxy groups -OCH3 is 1. The molecule has 96 valence electrons. The van der Waals surface area contributed by atoms with Gasteiger partial charge in [-0.3, -0.25) is 0 Å². The quantitative estimate of drug-likeness (QED) is 0.447. The Morgan fingerprint density at radius 1 is 1.38 bits per heavy atom. The third kappa shape index (κ3) is 6.43. The number of ether oxygens (including phenoxy) is 4. The molecule has 1 aliphatic heterocycles. The molecule has 4 heteroatoms. The van der Waals surface area contributed by atoms with E-state index in [4.69, 9.17) is 18.9 Å². The van der Waals surface area contributed by atoms with Crippen molar-refractivity contribution in [1.29, 1.82) is 0 Å². The van der Waals surface area contributed by atoms with E-state index in [1.54, 1.807) is 7.11 Å². The van der Waals surface area contributed by atoms with Gasteiger partial charge in [-0.2, -0.15) is 0 Å². The predicted molar refractivity (Wildman–Crippen MR) is 61.7 cm³/mol. The standard InChI is InChI=1S/C12H24O4/c1-10(14-8-11-9-15-11)7-12(2,3)16-6-5-13-4/h10-11H,5-9H2,1-4H3. The van der Waals surface area contributed by atoms with Crippen LogP contribution in [0.3, 0.4) is 0 Å². The average Bonchev–Trinajstić information content (AvgIpc) is 2.97. The molecular formula is C12H24O4. The van der Waals surface area contributed by atoms with Crippen LogP contribution in [-0.2, 0) is 18.9 Å². The molecule has 0 aromatic heterocycles. The molecule has 1 heterocycles. The summed E-state index contributed by atoms with van der Waals surface area (Å²) in [6.07, 6.45) is 1.41. The van der Waals surface area contributed by atoms with Crippen LogP contribution in [0, 0.1) is 0 Å². The maximum Gasteiger partial charge on any atom is 0.104 e. The van der Waals surface area contributed by atoms with Gasteiger partial charge in [0.1, 0.15) is 6.10 Å². The summed E-state index contributed by atoms with van der Waals surface area (Å²) >= 11 is 0. The first kappa shape index (κ1) is 13.9. The lowest BCUT2D eigenvalue weighted by Gasteiger charge is -2.28. The van der Waals surface area contributed by atoms with Crippen LogP contribution >= 0.6 is 0 Å². The van der Waals surface area contributed by atoms with Crippen LogP contribution in [0.2, 0.25) is 0 Å². The third-order valence-electron chi connectivity index (χ3n) is 2.53. The van der Waals surface area contributed by atoms with Gasteiger partial charge in [-0.1, -0.05) is 0 Å². The lowest BCUT2D eigenvalue weighted by molar-refractivity contribution is -0.0747. The molecule has 2 atom stereocenters. The minimum absolute atomic E-state index is 0.164. The zero-order valence-corrected chi connectivity index (χ0v) is 10.8. The first-order chi connectivity index (χ1) is 7.53. The van der Waals surface area contributed by atoms with Gasteiger partial charge in [0.25, 0.3) is 0 Å². The highest BCUT2D eigenvalue weighted by Crippen LogP contribution is 2.19. The second kappa shape index (κ2) is 6.55. The zero-order chi connectivity index (χ0) is 12.0. The van der Waals surface area contributed by atoms with Crippen molar-refractivity contribution < 1.29 is 18.9 Å². The van der Waals surface area contributed by atoms with E-state index in [0.29, 0.717) is 25.9 Å². The number of hydrogen-bond donors (Lipinski definition) is 0. The fourth-order valence-electron chi connectivity index (χ4n) is 1.65. The van der Waals surface area contributed by atoms with Crippen molar-refractivity contribution in [3.63, 3.8) is 0 Å². The molecule has 0 aromatic carbocycles. The largest absolute Gasteiger partial charge is 0.382 e. The van der Waals surface area contributed by atoms with Crippen LogP contribution in [0.25, 0.3) is 0 Å². The lowest BCUT2D eigenvalue weighted by atomic mass is 10.0. The van der Waals surface area contributed by atoms with Crippen LogP contribution in [0.4, 0.5) is 0 Å². The van der Waals surface area contributed by atoms with Crippen LogP contribution in [0.5, 0.6) is 0 Å². The van der Waals surface area contributed by atoms with E-state index in [-0.39, 0.29) is 11.7 Å². The third-order valence-corrected chi connectivity index (χ3v) is 2.53. The van der Waals surface area contributed by atoms with Crippen molar-refractivity contribution in [2.45, 2.75) is 45.0 Å². The monoisotopic (exact) mass is 232 g/mol. The lowest BCUT2D eigenvalue weighted by Crippen LogP contribution is -2.31. The van der Waals surface area contributed by atoms with Gasteiger partial charge in [0, 0.05) is 13.5 Å². The zero-order valence-electron chi connectivity index (χ0n) is 10.8. The summed E-state index contributed by atoms with van der Waals surface area (Å²) in [6.45, 7) is 9.04. The molecule has 0 saturated carbocycles. The smallest absolute Gasteiger partial charge is 0.104 e. The fraction of sp³-hybridized carbons (Fsp3) is 1.00. The summed E-state index contributed by atoms with van der Waals surface area (Å²) in [7, 11) is 1.68. The molecule has 0 spiro atoms. The highest BCUT2D eigenvalue weighted by molar-refractivity contribution is 4.74. The minimum Gasteiger partial charge on any atom is -0.382 e. The molecule has 4 nitrogen and oxygen atoms in total. The Kier molecular flexibility index (Phi) is 5.69. The van der Waals surface area contributed by atoms with Gasteiger partial charge >= 0.3 is 0 Å². The van der Waals surface area contributed by atoms with Crippen molar-refractivity contribution in [2.24, 2.45) is 0 Å². The summed E-state index contributed by atoms with van der Waals surface area (Å²) in [4.78, 5) is 0. The molecule has 1 saturated heterocycles. The molecule has 0 amide bonds. The molecule has 1 fully saturated rings.